The van der Waals surface area contributed by atoms with E-state index in [1.54, 1.807) is 19.1 Å². The molecule has 0 bridgehead atoms. The quantitative estimate of drug-likeness (QED) is 0.577. The summed E-state index contributed by atoms with van der Waals surface area (Å²) >= 11 is 0. The molecular weight excluding hydrogens is 435 g/mol. The van der Waals surface area contributed by atoms with Crippen molar-refractivity contribution in [2.75, 3.05) is 4.90 Å². The van der Waals surface area contributed by atoms with Gasteiger partial charge in [-0.25, -0.2) is 4.39 Å². The Hall–Kier alpha value is -3.62. The molecule has 34 heavy (non-hydrogen) atoms. The first-order chi connectivity index (χ1) is 16.3. The molecule has 1 atom stereocenters. The van der Waals surface area contributed by atoms with Gasteiger partial charge in [-0.15, -0.1) is 10.2 Å². The molecule has 4 rings (SSSR count). The van der Waals surface area contributed by atoms with E-state index in [-0.39, 0.29) is 36.0 Å². The number of anilines is 1. The number of amides is 2. The van der Waals surface area contributed by atoms with Crippen LogP contribution in [0, 0.1) is 19.7 Å². The molecular formula is C25H29FN6O2. The maximum Gasteiger partial charge on any atom is 0.251 e. The third-order valence-electron chi connectivity index (χ3n) is 6.19. The topological polar surface area (TPSA) is 93.0 Å². The normalized spacial score (nSPS) is 14.7. The summed E-state index contributed by atoms with van der Waals surface area (Å²) in [5.74, 6) is -0.580. The predicted molar refractivity (Wildman–Crippen MR) is 126 cm³/mol. The first-order valence-electron chi connectivity index (χ1n) is 11.6. The Bertz CT molecular complexity index is 1170. The Morgan fingerprint density at radius 1 is 1.15 bits per heavy atom. The van der Waals surface area contributed by atoms with Gasteiger partial charge < -0.3 is 5.32 Å². The van der Waals surface area contributed by atoms with Gasteiger partial charge in [0.2, 0.25) is 11.7 Å². The van der Waals surface area contributed by atoms with Crippen LogP contribution in [0.1, 0.15) is 43.7 Å². The van der Waals surface area contributed by atoms with Gasteiger partial charge in [0.15, 0.2) is 0 Å². The van der Waals surface area contributed by atoms with Crippen LogP contribution < -0.4 is 10.2 Å². The summed E-state index contributed by atoms with van der Waals surface area (Å²) < 4.78 is 13.2. The monoisotopic (exact) mass is 464 g/mol. The number of hydrogen-bond donors (Lipinski definition) is 1. The lowest BCUT2D eigenvalue weighted by molar-refractivity contribution is -0.127. The van der Waals surface area contributed by atoms with E-state index in [0.29, 0.717) is 11.3 Å². The number of benzene rings is 2. The first kappa shape index (κ1) is 23.5. The second kappa shape index (κ2) is 10.1. The van der Waals surface area contributed by atoms with Crippen molar-refractivity contribution in [3.63, 3.8) is 0 Å². The van der Waals surface area contributed by atoms with Gasteiger partial charge in [-0.05, 0) is 80.3 Å². The molecule has 1 N–H and O–H groups in total. The number of hydrogen-bond acceptors (Lipinski definition) is 5. The highest BCUT2D eigenvalue weighted by Gasteiger charge is 2.31. The molecule has 2 amide bonds. The molecule has 8 nitrogen and oxygen atoms in total. The van der Waals surface area contributed by atoms with E-state index in [9.17, 15) is 14.0 Å². The van der Waals surface area contributed by atoms with Crippen molar-refractivity contribution in [1.29, 1.82) is 0 Å². The number of carbonyl (C=O) groups is 2. The van der Waals surface area contributed by atoms with Crippen LogP contribution in [0.5, 0.6) is 0 Å². The van der Waals surface area contributed by atoms with Crippen molar-refractivity contribution in [2.24, 2.45) is 0 Å². The first-order valence-corrected chi connectivity index (χ1v) is 11.6. The molecule has 0 unspecified atom stereocenters. The second-order valence-corrected chi connectivity index (χ2v) is 8.87. The molecule has 1 fully saturated rings. The van der Waals surface area contributed by atoms with Gasteiger partial charge in [-0.2, -0.15) is 4.80 Å². The fourth-order valence-electron chi connectivity index (χ4n) is 4.27. The van der Waals surface area contributed by atoms with E-state index in [1.165, 1.54) is 21.8 Å². The molecule has 1 heterocycles. The zero-order valence-electron chi connectivity index (χ0n) is 19.7. The predicted octanol–water partition coefficient (Wildman–Crippen LogP) is 3.58. The number of halogens is 1. The van der Waals surface area contributed by atoms with E-state index < -0.39 is 6.04 Å². The summed E-state index contributed by atoms with van der Waals surface area (Å²) in [5, 5.41) is 15.4. The average Bonchev–Trinajstić information content (AvgIpc) is 3.49. The molecule has 0 radical (unpaired) electrons. The van der Waals surface area contributed by atoms with Gasteiger partial charge in [0, 0.05) is 17.3 Å². The molecule has 0 saturated heterocycles. The fraction of sp³-hybridized carbons (Fsp3) is 0.400. The van der Waals surface area contributed by atoms with E-state index in [2.05, 4.69) is 20.7 Å². The van der Waals surface area contributed by atoms with Gasteiger partial charge in [0.1, 0.15) is 18.4 Å². The number of nitrogens with zero attached hydrogens (tertiary/aromatic N) is 5. The minimum atomic E-state index is -0.714. The van der Waals surface area contributed by atoms with E-state index in [4.69, 9.17) is 0 Å². The van der Waals surface area contributed by atoms with E-state index in [1.807, 2.05) is 32.0 Å². The van der Waals surface area contributed by atoms with Crippen LogP contribution >= 0.6 is 0 Å². The highest BCUT2D eigenvalue weighted by atomic mass is 19.1. The van der Waals surface area contributed by atoms with Gasteiger partial charge >= 0.3 is 0 Å². The number of aryl methyl sites for hydroxylation is 2. The minimum absolute atomic E-state index is 0.153. The van der Waals surface area contributed by atoms with E-state index >= 15 is 0 Å². The molecule has 1 aliphatic carbocycles. The lowest BCUT2D eigenvalue weighted by Crippen LogP contribution is -2.51. The molecule has 9 heteroatoms. The van der Waals surface area contributed by atoms with Crippen molar-refractivity contribution in [1.82, 2.24) is 25.5 Å². The highest BCUT2D eigenvalue weighted by molar-refractivity contribution is 6.01. The smallest absolute Gasteiger partial charge is 0.251 e. The number of nitrogens with one attached hydrogen (secondary N) is 1. The minimum Gasteiger partial charge on any atom is -0.352 e. The number of carbonyl (C=O) groups excluding carboxylic acids is 2. The average molecular weight is 465 g/mol. The maximum atomic E-state index is 13.5. The van der Waals surface area contributed by atoms with Crippen LogP contribution in [0.4, 0.5) is 10.1 Å². The summed E-state index contributed by atoms with van der Waals surface area (Å²) in [6.07, 6.45) is 4.14. The summed E-state index contributed by atoms with van der Waals surface area (Å²) in [6, 6.07) is 11.0. The van der Waals surface area contributed by atoms with Crippen LogP contribution in [-0.2, 0) is 16.1 Å². The zero-order valence-corrected chi connectivity index (χ0v) is 19.7. The molecule has 178 valence electrons. The van der Waals surface area contributed by atoms with E-state index in [0.717, 1.165) is 36.8 Å². The Balaban J connectivity index is 1.58. The van der Waals surface area contributed by atoms with Gasteiger partial charge in [-0.3, -0.25) is 14.5 Å². The fourth-order valence-corrected chi connectivity index (χ4v) is 4.27. The third kappa shape index (κ3) is 5.30. The standard InChI is InChI=1S/C25H29FN6O2/c1-16-8-9-17(2)22(14-16)32(18(3)25(34)27-21-6-4-5-7-21)23(33)15-31-29-24(28-30-31)19-10-12-20(26)13-11-19/h8-14,18,21H,4-7,15H2,1-3H3,(H,27,34)/t18-/m0/s1. The van der Waals surface area contributed by atoms with Crippen LogP contribution in [0.25, 0.3) is 11.4 Å². The highest BCUT2D eigenvalue weighted by Crippen LogP contribution is 2.25. The third-order valence-corrected chi connectivity index (χ3v) is 6.19. The lowest BCUT2D eigenvalue weighted by Gasteiger charge is -2.31. The van der Waals surface area contributed by atoms with Gasteiger partial charge in [0.25, 0.3) is 5.91 Å². The molecule has 2 aromatic carbocycles. The Morgan fingerprint density at radius 2 is 1.85 bits per heavy atom. The molecule has 1 aromatic heterocycles. The van der Waals surface area contributed by atoms with Crippen molar-refractivity contribution in [2.45, 2.75) is 65.1 Å². The second-order valence-electron chi connectivity index (χ2n) is 8.87. The summed E-state index contributed by atoms with van der Waals surface area (Å²) in [7, 11) is 0. The van der Waals surface area contributed by atoms with Crippen LogP contribution in [-0.4, -0.2) is 44.1 Å². The van der Waals surface area contributed by atoms with Crippen molar-refractivity contribution >= 4 is 17.5 Å². The molecule has 1 saturated carbocycles. The Kier molecular flexibility index (Phi) is 7.00. The molecule has 1 aliphatic rings. The Labute approximate surface area is 198 Å². The summed E-state index contributed by atoms with van der Waals surface area (Å²) in [5.41, 5.74) is 3.14. The van der Waals surface area contributed by atoms with Crippen molar-refractivity contribution < 1.29 is 14.0 Å². The molecule has 0 spiro atoms. The molecule has 0 aliphatic heterocycles. The Morgan fingerprint density at radius 3 is 2.56 bits per heavy atom. The lowest BCUT2D eigenvalue weighted by atomic mass is 10.1. The maximum absolute atomic E-state index is 13.5. The van der Waals surface area contributed by atoms with Crippen molar-refractivity contribution in [3.8, 4) is 11.4 Å². The molecule has 3 aromatic rings. The van der Waals surface area contributed by atoms with Crippen molar-refractivity contribution in [3.05, 3.63) is 59.4 Å². The van der Waals surface area contributed by atoms with Gasteiger partial charge in [0.05, 0.1) is 0 Å². The number of tetrazole rings is 1. The summed E-state index contributed by atoms with van der Waals surface area (Å²) in [6.45, 7) is 5.41. The number of aromatic nitrogens is 4. The van der Waals surface area contributed by atoms with Crippen LogP contribution in [0.15, 0.2) is 42.5 Å². The number of rotatable bonds is 7. The van der Waals surface area contributed by atoms with Gasteiger partial charge in [-0.1, -0.05) is 25.0 Å². The van der Waals surface area contributed by atoms with Crippen LogP contribution in [0.2, 0.25) is 0 Å². The van der Waals surface area contributed by atoms with Crippen LogP contribution in [0.3, 0.4) is 0 Å². The summed E-state index contributed by atoms with van der Waals surface area (Å²) in [4.78, 5) is 29.3. The largest absolute Gasteiger partial charge is 0.352 e. The zero-order chi connectivity index (χ0) is 24.2. The SMILES string of the molecule is Cc1ccc(C)c(N(C(=O)Cn2nnc(-c3ccc(F)cc3)n2)[C@@H](C)C(=O)NC2CCCC2)c1.